The maximum atomic E-state index is 12.2. The number of rotatable bonds is 5. The van der Waals surface area contributed by atoms with Crippen molar-refractivity contribution in [3.05, 3.63) is 64.9 Å². The van der Waals surface area contributed by atoms with Gasteiger partial charge in [0.25, 0.3) is 11.8 Å². The van der Waals surface area contributed by atoms with Crippen molar-refractivity contribution in [3.8, 4) is 5.75 Å². The van der Waals surface area contributed by atoms with Crippen molar-refractivity contribution in [2.24, 2.45) is 0 Å². The van der Waals surface area contributed by atoms with E-state index in [1.165, 1.54) is 11.3 Å². The lowest BCUT2D eigenvalue weighted by atomic mass is 10.2. The largest absolute Gasteiger partial charge is 0.489 e. The molecule has 0 aliphatic rings. The molecule has 24 heavy (non-hydrogen) atoms. The Bertz CT molecular complexity index is 745. The molecule has 0 saturated heterocycles. The molecule has 2 amide bonds. The van der Waals surface area contributed by atoms with E-state index in [-0.39, 0.29) is 17.6 Å². The van der Waals surface area contributed by atoms with Gasteiger partial charge >= 0.3 is 0 Å². The summed E-state index contributed by atoms with van der Waals surface area (Å²) in [5, 5.41) is 4.25. The van der Waals surface area contributed by atoms with Gasteiger partial charge in [-0.25, -0.2) is 0 Å². The number of hydrogen-bond acceptors (Lipinski definition) is 5. The molecule has 1 aromatic heterocycles. The van der Waals surface area contributed by atoms with E-state index < -0.39 is 5.91 Å². The van der Waals surface area contributed by atoms with Crippen molar-refractivity contribution in [3.63, 3.8) is 0 Å². The first kappa shape index (κ1) is 17.6. The van der Waals surface area contributed by atoms with Gasteiger partial charge in [0.1, 0.15) is 12.4 Å². The minimum atomic E-state index is -0.442. The Labute approximate surface area is 148 Å². The number of thiocarbonyl (C=S) groups is 1. The Morgan fingerprint density at radius 2 is 1.96 bits per heavy atom. The number of hydrogen-bond donors (Lipinski definition) is 3. The number of carbonyl (C=O) groups is 2. The van der Waals surface area contributed by atoms with Gasteiger partial charge in [-0.2, -0.15) is 0 Å². The fourth-order valence-electron chi connectivity index (χ4n) is 1.71. The van der Waals surface area contributed by atoms with Gasteiger partial charge in [-0.05, 0) is 35.8 Å². The van der Waals surface area contributed by atoms with Gasteiger partial charge in [-0.3, -0.25) is 25.8 Å². The lowest BCUT2D eigenvalue weighted by Gasteiger charge is -2.12. The van der Waals surface area contributed by atoms with E-state index in [4.69, 9.17) is 17.0 Å². The van der Waals surface area contributed by atoms with Gasteiger partial charge in [0.15, 0.2) is 5.11 Å². The van der Waals surface area contributed by atoms with Crippen LogP contribution in [0.4, 0.5) is 0 Å². The second kappa shape index (κ2) is 8.80. The number of thiophene rings is 1. The van der Waals surface area contributed by atoms with Crippen LogP contribution in [-0.4, -0.2) is 23.5 Å². The highest BCUT2D eigenvalue weighted by atomic mass is 32.1. The van der Waals surface area contributed by atoms with Crippen molar-refractivity contribution in [2.45, 2.75) is 0 Å². The van der Waals surface area contributed by atoms with Crippen LogP contribution < -0.4 is 20.9 Å². The molecule has 1 heterocycles. The van der Waals surface area contributed by atoms with Gasteiger partial charge in [-0.1, -0.05) is 30.9 Å². The van der Waals surface area contributed by atoms with E-state index in [1.807, 2.05) is 0 Å². The number of para-hydroxylation sites is 1. The topological polar surface area (TPSA) is 79.5 Å². The number of amides is 2. The SMILES string of the molecule is C=CCOc1ccccc1C(=O)NNC(=S)NC(=O)c1cccs1. The number of nitrogens with one attached hydrogen (secondary N) is 3. The summed E-state index contributed by atoms with van der Waals surface area (Å²) in [4.78, 5) is 24.6. The quantitative estimate of drug-likeness (QED) is 0.432. The third kappa shape index (κ3) is 4.90. The van der Waals surface area contributed by atoms with E-state index in [0.29, 0.717) is 16.2 Å². The molecule has 3 N–H and O–H groups in total. The van der Waals surface area contributed by atoms with Crippen LogP contribution in [0.5, 0.6) is 5.75 Å². The minimum Gasteiger partial charge on any atom is -0.489 e. The van der Waals surface area contributed by atoms with Crippen LogP contribution in [0.1, 0.15) is 20.0 Å². The van der Waals surface area contributed by atoms with Crippen molar-refractivity contribution in [2.75, 3.05) is 6.61 Å². The Kier molecular flexibility index (Phi) is 6.47. The predicted octanol–water partition coefficient (Wildman–Crippen LogP) is 2.26. The molecule has 0 saturated carbocycles. The summed E-state index contributed by atoms with van der Waals surface area (Å²) in [5.41, 5.74) is 5.24. The standard InChI is InChI=1S/C16H15N3O3S2/c1-2-9-22-12-7-4-3-6-11(12)14(20)18-19-16(23)17-15(21)13-8-5-10-24-13/h2-8,10H,1,9H2,(H,18,20)(H2,17,19,21,23). The van der Waals surface area contributed by atoms with Crippen LogP contribution in [0.2, 0.25) is 0 Å². The molecule has 0 unspecified atom stereocenters. The molecule has 0 radical (unpaired) electrons. The van der Waals surface area contributed by atoms with E-state index in [9.17, 15) is 9.59 Å². The van der Waals surface area contributed by atoms with Crippen LogP contribution in [0.15, 0.2) is 54.4 Å². The summed E-state index contributed by atoms with van der Waals surface area (Å²) in [6.07, 6.45) is 1.59. The highest BCUT2D eigenvalue weighted by Gasteiger charge is 2.13. The summed E-state index contributed by atoms with van der Waals surface area (Å²) in [5.74, 6) is -0.362. The Morgan fingerprint density at radius 1 is 1.17 bits per heavy atom. The molecule has 0 aliphatic heterocycles. The fourth-order valence-corrected chi connectivity index (χ4v) is 2.48. The zero-order valence-corrected chi connectivity index (χ0v) is 14.2. The maximum absolute atomic E-state index is 12.2. The Hall–Kier alpha value is -2.71. The van der Waals surface area contributed by atoms with Crippen molar-refractivity contribution in [1.29, 1.82) is 0 Å². The minimum absolute atomic E-state index is 0.00811. The predicted molar refractivity (Wildman–Crippen MR) is 97.1 cm³/mol. The normalized spacial score (nSPS) is 9.67. The number of hydrazine groups is 1. The molecule has 6 nitrogen and oxygen atoms in total. The van der Waals surface area contributed by atoms with E-state index in [0.717, 1.165) is 0 Å². The Morgan fingerprint density at radius 3 is 2.67 bits per heavy atom. The molecule has 8 heteroatoms. The summed E-state index contributed by atoms with van der Waals surface area (Å²) in [6.45, 7) is 3.85. The van der Waals surface area contributed by atoms with Crippen LogP contribution in [-0.2, 0) is 0 Å². The number of ether oxygens (including phenoxy) is 1. The first-order chi connectivity index (χ1) is 11.6. The average molecular weight is 361 g/mol. The third-order valence-electron chi connectivity index (χ3n) is 2.75. The number of benzene rings is 1. The molecule has 0 fully saturated rings. The molecule has 0 atom stereocenters. The summed E-state index contributed by atoms with van der Waals surface area (Å²) < 4.78 is 5.42. The van der Waals surface area contributed by atoms with E-state index in [2.05, 4.69) is 22.7 Å². The van der Waals surface area contributed by atoms with Crippen LogP contribution in [0, 0.1) is 0 Å². The molecule has 0 spiro atoms. The third-order valence-corrected chi connectivity index (χ3v) is 3.82. The number of carbonyl (C=O) groups excluding carboxylic acids is 2. The molecule has 124 valence electrons. The fraction of sp³-hybridized carbons (Fsp3) is 0.0625. The van der Waals surface area contributed by atoms with Gasteiger partial charge in [0.05, 0.1) is 10.4 Å². The second-order valence-corrected chi connectivity index (χ2v) is 5.79. The summed E-state index contributed by atoms with van der Waals surface area (Å²) in [6, 6.07) is 10.2. The van der Waals surface area contributed by atoms with Crippen molar-refractivity contribution < 1.29 is 14.3 Å². The maximum Gasteiger partial charge on any atom is 0.273 e. The summed E-state index contributed by atoms with van der Waals surface area (Å²) in [7, 11) is 0. The molecule has 0 bridgehead atoms. The highest BCUT2D eigenvalue weighted by Crippen LogP contribution is 2.17. The monoisotopic (exact) mass is 361 g/mol. The molecule has 2 aromatic rings. The Balaban J connectivity index is 1.90. The van der Waals surface area contributed by atoms with Crippen LogP contribution in [0.25, 0.3) is 0 Å². The zero-order valence-electron chi connectivity index (χ0n) is 12.6. The molecule has 2 rings (SSSR count). The van der Waals surface area contributed by atoms with Gasteiger partial charge in [-0.15, -0.1) is 11.3 Å². The van der Waals surface area contributed by atoms with Gasteiger partial charge < -0.3 is 4.74 Å². The first-order valence-electron chi connectivity index (χ1n) is 6.89. The second-order valence-electron chi connectivity index (χ2n) is 4.44. The molecular formula is C16H15N3O3S2. The molecular weight excluding hydrogens is 346 g/mol. The van der Waals surface area contributed by atoms with Crippen LogP contribution in [0.3, 0.4) is 0 Å². The van der Waals surface area contributed by atoms with Crippen molar-refractivity contribution >= 4 is 40.5 Å². The van der Waals surface area contributed by atoms with Gasteiger partial charge in [0.2, 0.25) is 0 Å². The zero-order chi connectivity index (χ0) is 17.4. The van der Waals surface area contributed by atoms with Gasteiger partial charge in [0, 0.05) is 0 Å². The average Bonchev–Trinajstić information content (AvgIpc) is 3.13. The lowest BCUT2D eigenvalue weighted by Crippen LogP contribution is -2.48. The first-order valence-corrected chi connectivity index (χ1v) is 8.18. The van der Waals surface area contributed by atoms with E-state index >= 15 is 0 Å². The molecule has 1 aromatic carbocycles. The smallest absolute Gasteiger partial charge is 0.273 e. The summed E-state index contributed by atoms with van der Waals surface area (Å²) >= 11 is 6.27. The van der Waals surface area contributed by atoms with Crippen LogP contribution >= 0.6 is 23.6 Å². The molecule has 0 aliphatic carbocycles. The highest BCUT2D eigenvalue weighted by molar-refractivity contribution is 7.80. The lowest BCUT2D eigenvalue weighted by molar-refractivity contribution is 0.0932. The van der Waals surface area contributed by atoms with E-state index in [1.54, 1.807) is 47.9 Å². The van der Waals surface area contributed by atoms with Crippen molar-refractivity contribution in [1.82, 2.24) is 16.2 Å².